The molecule has 10 aromatic rings. The van der Waals surface area contributed by atoms with Crippen molar-refractivity contribution in [2.24, 2.45) is 7.05 Å². The molecule has 3 N–H and O–H groups in total. The number of halogens is 1. The van der Waals surface area contributed by atoms with Crippen molar-refractivity contribution in [1.82, 2.24) is 24.7 Å². The molecule has 0 saturated heterocycles. The summed E-state index contributed by atoms with van der Waals surface area (Å²) >= 11 is 0. The van der Waals surface area contributed by atoms with E-state index in [0.29, 0.717) is 73.3 Å². The molecule has 0 aliphatic heterocycles. The number of carbonyl (C=O) groups excluding carboxylic acids is 2. The second-order valence-corrected chi connectivity index (χ2v) is 15.4. The van der Waals surface area contributed by atoms with Crippen molar-refractivity contribution in [2.75, 3.05) is 39.1 Å². The van der Waals surface area contributed by atoms with Crippen LogP contribution in [0.5, 0.6) is 46.0 Å². The van der Waals surface area contributed by atoms with Crippen LogP contribution in [0.1, 0.15) is 20.8 Å². The van der Waals surface area contributed by atoms with Crippen LogP contribution in [0.25, 0.3) is 43.6 Å². The summed E-state index contributed by atoms with van der Waals surface area (Å²) in [6.45, 7) is 0. The Labute approximate surface area is 398 Å². The number of fused-ring (bicyclic) bond motifs is 4. The smallest absolute Gasteiger partial charge is 0.276 e. The van der Waals surface area contributed by atoms with Gasteiger partial charge in [-0.3, -0.25) is 29.0 Å². The maximum atomic E-state index is 15.0. The number of rotatable bonds is 12. The van der Waals surface area contributed by atoms with Gasteiger partial charge in [0.1, 0.15) is 22.8 Å². The lowest BCUT2D eigenvalue weighted by Crippen LogP contribution is -2.22. The van der Waals surface area contributed by atoms with Crippen molar-refractivity contribution in [2.45, 2.75) is 0 Å². The molecule has 0 bridgehead atoms. The highest BCUT2D eigenvalue weighted by atomic mass is 19.1. The van der Waals surface area contributed by atoms with Crippen molar-refractivity contribution in [3.8, 4) is 46.0 Å². The number of aromatic nitrogens is 5. The van der Waals surface area contributed by atoms with Crippen LogP contribution in [0, 0.1) is 5.82 Å². The van der Waals surface area contributed by atoms with Gasteiger partial charge >= 0.3 is 0 Å². The lowest BCUT2D eigenvalue weighted by atomic mass is 10.1. The van der Waals surface area contributed by atoms with E-state index < -0.39 is 23.2 Å². The molecule has 0 unspecified atom stereocenters. The predicted molar refractivity (Wildman–Crippen MR) is 264 cm³/mol. The molecule has 0 spiro atoms. The average molecular weight is 940 g/mol. The van der Waals surface area contributed by atoms with E-state index in [1.165, 1.54) is 26.4 Å². The van der Waals surface area contributed by atoms with Gasteiger partial charge in [-0.25, -0.2) is 4.39 Å². The number of benzene rings is 6. The molecule has 10 rings (SSSR count). The van der Waals surface area contributed by atoms with Crippen molar-refractivity contribution in [3.05, 3.63) is 173 Å². The Morgan fingerprint density at radius 3 is 1.79 bits per heavy atom. The summed E-state index contributed by atoms with van der Waals surface area (Å²) in [6.07, 6.45) is 3.21. The van der Waals surface area contributed by atoms with E-state index >= 15 is 0 Å². The maximum absolute atomic E-state index is 15.0. The number of H-pyrrole nitrogens is 1. The highest BCUT2D eigenvalue weighted by Gasteiger charge is 2.19. The summed E-state index contributed by atoms with van der Waals surface area (Å²) < 4.78 is 49.9. The number of nitrogens with one attached hydrogen (secondary N) is 3. The Hall–Kier alpha value is -9.51. The first-order valence-corrected chi connectivity index (χ1v) is 21.5. The maximum Gasteiger partial charge on any atom is 0.276 e. The summed E-state index contributed by atoms with van der Waals surface area (Å²) in [4.78, 5) is 49.3. The van der Waals surface area contributed by atoms with Crippen LogP contribution in [0.4, 0.5) is 15.8 Å². The molecule has 0 aliphatic carbocycles. The molecule has 4 aromatic heterocycles. The number of ether oxygens (including phenoxy) is 6. The highest BCUT2D eigenvalue weighted by Crippen LogP contribution is 2.39. The molecule has 350 valence electrons. The number of aromatic amines is 1. The van der Waals surface area contributed by atoms with Gasteiger partial charge in [0.05, 0.1) is 45.0 Å². The van der Waals surface area contributed by atoms with Crippen LogP contribution in [-0.4, -0.2) is 65.0 Å². The van der Waals surface area contributed by atoms with Crippen LogP contribution < -0.4 is 44.6 Å². The van der Waals surface area contributed by atoms with Gasteiger partial charge in [-0.15, -0.1) is 0 Å². The molecule has 0 atom stereocenters. The number of carbonyl (C=O) groups is 2. The van der Waals surface area contributed by atoms with Crippen molar-refractivity contribution in [1.29, 1.82) is 0 Å². The molecule has 0 saturated carbocycles. The zero-order chi connectivity index (χ0) is 48.9. The average Bonchev–Trinajstić information content (AvgIpc) is 3.72. The zero-order valence-corrected chi connectivity index (χ0v) is 38.2. The molecule has 16 nitrogen and oxygen atoms in total. The van der Waals surface area contributed by atoms with Crippen LogP contribution in [0.2, 0.25) is 0 Å². The number of methoxy groups -OCH3 is 4. The third-order valence-corrected chi connectivity index (χ3v) is 11.1. The minimum atomic E-state index is -0.640. The molecular formula is C53H42FN7O9. The Kier molecular flexibility index (Phi) is 12.9. The molecule has 4 heterocycles. The van der Waals surface area contributed by atoms with E-state index in [2.05, 4.69) is 30.7 Å². The van der Waals surface area contributed by atoms with Crippen molar-refractivity contribution in [3.63, 3.8) is 0 Å². The van der Waals surface area contributed by atoms with E-state index in [1.54, 1.807) is 111 Å². The second kappa shape index (κ2) is 19.8. The first-order valence-electron chi connectivity index (χ1n) is 21.5. The minimum Gasteiger partial charge on any atom is -0.493 e. The molecule has 6 aromatic carbocycles. The number of pyridine rings is 3. The first kappa shape index (κ1) is 45.6. The summed E-state index contributed by atoms with van der Waals surface area (Å²) in [5, 5.41) is 12.6. The van der Waals surface area contributed by atoms with Crippen LogP contribution >= 0.6 is 0 Å². The van der Waals surface area contributed by atoms with Crippen LogP contribution in [0.3, 0.4) is 0 Å². The third-order valence-electron chi connectivity index (χ3n) is 11.1. The minimum absolute atomic E-state index is 0.00595. The SMILES string of the molecule is COc1cc2nccc(Oc3ccc(NC(=O)c4cc5ccccc5[nH]c4=O)cc3)c2cc1OC.COc1cc2nccc(Oc3ccc(NC(=O)c4nn(C)c5ccccc45)cc3F)c2cc1OC. The molecule has 0 aliphatic rings. The zero-order valence-electron chi connectivity index (χ0n) is 38.2. The fraction of sp³-hybridized carbons (Fsp3) is 0.0943. The Morgan fingerprint density at radius 2 is 1.14 bits per heavy atom. The van der Waals surface area contributed by atoms with Gasteiger partial charge in [0.15, 0.2) is 40.3 Å². The monoisotopic (exact) mass is 939 g/mol. The molecule has 70 heavy (non-hydrogen) atoms. The highest BCUT2D eigenvalue weighted by molar-refractivity contribution is 6.11. The van der Waals surface area contributed by atoms with Gasteiger partial charge < -0.3 is 44.0 Å². The number of nitrogens with zero attached hydrogens (tertiary/aromatic N) is 4. The summed E-state index contributed by atoms with van der Waals surface area (Å²) in [6, 6.07) is 37.8. The van der Waals surface area contributed by atoms with Gasteiger partial charge in [0.25, 0.3) is 17.4 Å². The molecular weight excluding hydrogens is 898 g/mol. The summed E-state index contributed by atoms with van der Waals surface area (Å²) in [7, 11) is 7.97. The van der Waals surface area contributed by atoms with Crippen molar-refractivity contribution >= 4 is 66.8 Å². The van der Waals surface area contributed by atoms with Crippen LogP contribution in [-0.2, 0) is 7.05 Å². The number of aryl methyl sites for hydroxylation is 1. The summed E-state index contributed by atoms with van der Waals surface area (Å²) in [5.41, 5.74) is 3.46. The summed E-state index contributed by atoms with van der Waals surface area (Å²) in [5.74, 6) is 2.15. The topological polar surface area (TPSA) is 190 Å². The Morgan fingerprint density at radius 1 is 0.571 bits per heavy atom. The van der Waals surface area contributed by atoms with Gasteiger partial charge in [-0.05, 0) is 84.2 Å². The molecule has 17 heteroatoms. The molecule has 0 radical (unpaired) electrons. The quantitative estimate of drug-likeness (QED) is 0.105. The predicted octanol–water partition coefficient (Wildman–Crippen LogP) is 10.5. The van der Waals surface area contributed by atoms with Crippen LogP contribution in [0.15, 0.2) is 151 Å². The Balaban J connectivity index is 0.000000174. The van der Waals surface area contributed by atoms with Gasteiger partial charge in [0.2, 0.25) is 0 Å². The number of hydrogen-bond acceptors (Lipinski definition) is 12. The van der Waals surface area contributed by atoms with Gasteiger partial charge in [-0.1, -0.05) is 36.4 Å². The Bertz CT molecular complexity index is 3670. The van der Waals surface area contributed by atoms with Gasteiger partial charge in [0, 0.05) is 70.7 Å². The van der Waals surface area contributed by atoms with Crippen molar-refractivity contribution < 1.29 is 42.4 Å². The largest absolute Gasteiger partial charge is 0.493 e. The second-order valence-electron chi connectivity index (χ2n) is 15.4. The number of amides is 2. The van der Waals surface area contributed by atoms with E-state index in [1.807, 2.05) is 48.5 Å². The first-order chi connectivity index (χ1) is 34.0. The lowest BCUT2D eigenvalue weighted by Gasteiger charge is -2.13. The molecule has 2 amide bonds. The normalized spacial score (nSPS) is 10.9. The fourth-order valence-corrected chi connectivity index (χ4v) is 7.67. The number of hydrogen-bond donors (Lipinski definition) is 3. The van der Waals surface area contributed by atoms with E-state index in [0.717, 1.165) is 16.3 Å². The fourth-order valence-electron chi connectivity index (χ4n) is 7.67. The van der Waals surface area contributed by atoms with E-state index in [9.17, 15) is 18.8 Å². The number of para-hydroxylation sites is 2. The van der Waals surface area contributed by atoms with E-state index in [4.69, 9.17) is 28.4 Å². The molecule has 0 fully saturated rings. The lowest BCUT2D eigenvalue weighted by molar-refractivity contribution is 0.101. The standard InChI is InChI=1S/C27H21N3O5.C26H21FN4O4/c1-33-24-14-19-22(15-25(24)34-2)28-12-11-23(19)35-18-9-7-17(8-10-18)29-26(31)20-13-16-5-3-4-6-21(16)30-27(20)32;1-31-20-7-5-4-6-16(20)25(30-31)26(32)29-15-8-9-22(18(27)12-15)35-21-10-11-28-19-14-24(34-3)23(33-2)13-17(19)21/h3-15H,1-2H3,(H,29,31)(H,30,32);4-14H,1-3H3,(H,29,32). The van der Waals surface area contributed by atoms with E-state index in [-0.39, 0.29) is 22.7 Å². The number of anilines is 2. The third kappa shape index (κ3) is 9.39. The van der Waals surface area contributed by atoms with Gasteiger partial charge in [-0.2, -0.15) is 5.10 Å².